The van der Waals surface area contributed by atoms with Crippen LogP contribution < -0.4 is 4.90 Å². The Morgan fingerprint density at radius 3 is 2.62 bits per heavy atom. The van der Waals surface area contributed by atoms with Crippen LogP contribution in [0.2, 0.25) is 0 Å². The number of hydrogen-bond acceptors (Lipinski definition) is 4. The molecule has 2 aromatic rings. The summed E-state index contributed by atoms with van der Waals surface area (Å²) in [4.78, 5) is 37.5. The molecular formula is C17H11FINO4. The summed E-state index contributed by atoms with van der Waals surface area (Å²) >= 11 is 1.89. The summed E-state index contributed by atoms with van der Waals surface area (Å²) in [5, 5.41) is 0. The van der Waals surface area contributed by atoms with Crippen molar-refractivity contribution in [2.45, 2.75) is 6.54 Å². The fraction of sp³-hybridized carbons (Fsp3) is 0.118. The summed E-state index contributed by atoms with van der Waals surface area (Å²) in [6.45, 7) is -0.0923. The van der Waals surface area contributed by atoms with Crippen LogP contribution in [0.25, 0.3) is 0 Å². The molecule has 0 atom stereocenters. The van der Waals surface area contributed by atoms with Crippen molar-refractivity contribution < 1.29 is 23.5 Å². The monoisotopic (exact) mass is 439 g/mol. The van der Waals surface area contributed by atoms with Crippen LogP contribution in [0.3, 0.4) is 0 Å². The third kappa shape index (κ3) is 2.68. The fourth-order valence-electron chi connectivity index (χ4n) is 2.56. The van der Waals surface area contributed by atoms with E-state index in [9.17, 15) is 18.8 Å². The molecule has 2 aromatic carbocycles. The third-order valence-corrected chi connectivity index (χ3v) is 4.58. The molecule has 0 spiro atoms. The third-order valence-electron chi connectivity index (χ3n) is 3.73. The Labute approximate surface area is 150 Å². The number of ether oxygens (including phenoxy) is 1. The van der Waals surface area contributed by atoms with Crippen molar-refractivity contribution >= 4 is 45.9 Å². The lowest BCUT2D eigenvalue weighted by Crippen LogP contribution is -2.29. The number of benzene rings is 2. The first-order valence-corrected chi connectivity index (χ1v) is 8.03. The summed E-state index contributed by atoms with van der Waals surface area (Å²) in [5.74, 6) is -2.45. The number of halogens is 2. The fourth-order valence-corrected chi connectivity index (χ4v) is 3.42. The van der Waals surface area contributed by atoms with Crippen LogP contribution in [-0.2, 0) is 16.1 Å². The molecule has 3 rings (SSSR count). The van der Waals surface area contributed by atoms with E-state index in [1.165, 1.54) is 30.2 Å². The van der Waals surface area contributed by atoms with Gasteiger partial charge in [-0.1, -0.05) is 18.2 Å². The Kier molecular flexibility index (Phi) is 4.35. The average molecular weight is 439 g/mol. The normalized spacial score (nSPS) is 13.2. The number of amides is 1. The van der Waals surface area contributed by atoms with Crippen LogP contribution >= 0.6 is 22.6 Å². The van der Waals surface area contributed by atoms with Crippen molar-refractivity contribution in [3.63, 3.8) is 0 Å². The Morgan fingerprint density at radius 1 is 1.25 bits per heavy atom. The van der Waals surface area contributed by atoms with Crippen LogP contribution in [-0.4, -0.2) is 24.8 Å². The summed E-state index contributed by atoms with van der Waals surface area (Å²) in [7, 11) is 1.25. The van der Waals surface area contributed by atoms with E-state index in [4.69, 9.17) is 0 Å². The lowest BCUT2D eigenvalue weighted by molar-refractivity contribution is -0.114. The summed E-state index contributed by atoms with van der Waals surface area (Å²) in [6, 6.07) is 8.93. The average Bonchev–Trinajstić information content (AvgIpc) is 2.81. The Balaban J connectivity index is 2.09. The number of carbonyl (C=O) groups excluding carboxylic acids is 3. The van der Waals surface area contributed by atoms with Crippen molar-refractivity contribution in [2.24, 2.45) is 0 Å². The number of esters is 1. The maximum absolute atomic E-state index is 13.9. The molecule has 0 aliphatic carbocycles. The van der Waals surface area contributed by atoms with Crippen LogP contribution in [0.15, 0.2) is 36.4 Å². The predicted molar refractivity (Wildman–Crippen MR) is 92.4 cm³/mol. The molecule has 1 aliphatic heterocycles. The van der Waals surface area contributed by atoms with E-state index in [-0.39, 0.29) is 23.2 Å². The molecule has 5 nitrogen and oxygen atoms in total. The number of Topliss-reactive ketones (excluding diaryl/α,β-unsaturated/α-hetero) is 1. The highest BCUT2D eigenvalue weighted by molar-refractivity contribution is 14.1. The molecule has 1 amide bonds. The zero-order valence-electron chi connectivity index (χ0n) is 12.5. The molecule has 1 heterocycles. The highest BCUT2D eigenvalue weighted by atomic mass is 127. The highest BCUT2D eigenvalue weighted by Crippen LogP contribution is 2.35. The van der Waals surface area contributed by atoms with Gasteiger partial charge in [-0.15, -0.1) is 0 Å². The lowest BCUT2D eigenvalue weighted by Gasteiger charge is -2.17. The molecule has 0 saturated carbocycles. The lowest BCUT2D eigenvalue weighted by atomic mass is 10.1. The van der Waals surface area contributed by atoms with Gasteiger partial charge in [0.05, 0.1) is 30.5 Å². The number of fused-ring (bicyclic) bond motifs is 1. The van der Waals surface area contributed by atoms with E-state index in [1.54, 1.807) is 18.2 Å². The first kappa shape index (κ1) is 16.6. The maximum Gasteiger partial charge on any atom is 0.337 e. The zero-order chi connectivity index (χ0) is 17.4. The number of carbonyl (C=O) groups is 3. The first-order chi connectivity index (χ1) is 11.4. The molecule has 0 unspecified atom stereocenters. The predicted octanol–water partition coefficient (Wildman–Crippen LogP) is 2.95. The van der Waals surface area contributed by atoms with E-state index in [1.807, 2.05) is 22.6 Å². The SMILES string of the molecule is COC(=O)c1cc(I)c2c(c1)N(Cc1ccccc1F)C(=O)C2=O. The second kappa shape index (κ2) is 6.31. The maximum atomic E-state index is 13.9. The summed E-state index contributed by atoms with van der Waals surface area (Å²) < 4.78 is 19.0. The number of nitrogens with zero attached hydrogens (tertiary/aromatic N) is 1. The van der Waals surface area contributed by atoms with Gasteiger partial charge in [-0.25, -0.2) is 9.18 Å². The van der Waals surface area contributed by atoms with Gasteiger partial charge < -0.3 is 9.64 Å². The number of methoxy groups -OCH3 is 1. The smallest absolute Gasteiger partial charge is 0.337 e. The Morgan fingerprint density at radius 2 is 1.96 bits per heavy atom. The van der Waals surface area contributed by atoms with Crippen LogP contribution in [0.1, 0.15) is 26.3 Å². The van der Waals surface area contributed by atoms with Gasteiger partial charge in [0, 0.05) is 9.13 Å². The van der Waals surface area contributed by atoms with Gasteiger partial charge >= 0.3 is 5.97 Å². The topological polar surface area (TPSA) is 63.7 Å². The van der Waals surface area contributed by atoms with Gasteiger partial charge in [-0.3, -0.25) is 9.59 Å². The largest absolute Gasteiger partial charge is 0.465 e. The summed E-state index contributed by atoms with van der Waals surface area (Å²) in [6.07, 6.45) is 0. The Hall–Kier alpha value is -2.29. The molecule has 24 heavy (non-hydrogen) atoms. The minimum Gasteiger partial charge on any atom is -0.465 e. The highest BCUT2D eigenvalue weighted by Gasteiger charge is 2.38. The van der Waals surface area contributed by atoms with Crippen LogP contribution in [0.5, 0.6) is 0 Å². The molecule has 7 heteroatoms. The van der Waals surface area contributed by atoms with E-state index in [0.717, 1.165) is 0 Å². The second-order valence-corrected chi connectivity index (χ2v) is 6.32. The van der Waals surface area contributed by atoms with Crippen LogP contribution in [0, 0.1) is 9.39 Å². The van der Waals surface area contributed by atoms with E-state index in [2.05, 4.69) is 4.74 Å². The number of hydrogen-bond donors (Lipinski definition) is 0. The number of rotatable bonds is 3. The standard InChI is InChI=1S/C17H11FINO4/c1-24-17(23)10-6-12(19)14-13(7-10)20(16(22)15(14)21)8-9-4-2-3-5-11(9)18/h2-7H,8H2,1H3. The molecule has 0 aromatic heterocycles. The van der Waals surface area contributed by atoms with Gasteiger partial charge in [-0.05, 0) is 40.8 Å². The molecule has 0 saturated heterocycles. The molecule has 0 N–H and O–H groups in total. The second-order valence-electron chi connectivity index (χ2n) is 5.16. The minimum absolute atomic E-state index is 0.0923. The van der Waals surface area contributed by atoms with Crippen molar-refractivity contribution in [1.82, 2.24) is 0 Å². The van der Waals surface area contributed by atoms with Gasteiger partial charge in [0.1, 0.15) is 5.82 Å². The van der Waals surface area contributed by atoms with E-state index < -0.39 is 23.5 Å². The van der Waals surface area contributed by atoms with E-state index in [0.29, 0.717) is 9.26 Å². The molecule has 0 fully saturated rings. The molecule has 122 valence electrons. The van der Waals surface area contributed by atoms with Crippen molar-refractivity contribution in [2.75, 3.05) is 12.0 Å². The number of ketones is 1. The van der Waals surface area contributed by atoms with Gasteiger partial charge in [0.2, 0.25) is 0 Å². The van der Waals surface area contributed by atoms with E-state index >= 15 is 0 Å². The Bertz CT molecular complexity index is 881. The van der Waals surface area contributed by atoms with Gasteiger partial charge in [0.25, 0.3) is 11.7 Å². The van der Waals surface area contributed by atoms with Gasteiger partial charge in [-0.2, -0.15) is 0 Å². The number of anilines is 1. The zero-order valence-corrected chi connectivity index (χ0v) is 14.7. The molecular weight excluding hydrogens is 428 g/mol. The molecule has 0 bridgehead atoms. The minimum atomic E-state index is -0.742. The van der Waals surface area contributed by atoms with Crippen LogP contribution in [0.4, 0.5) is 10.1 Å². The quantitative estimate of drug-likeness (QED) is 0.419. The first-order valence-electron chi connectivity index (χ1n) is 6.95. The van der Waals surface area contributed by atoms with Crippen molar-refractivity contribution in [3.05, 3.63) is 62.5 Å². The van der Waals surface area contributed by atoms with Gasteiger partial charge in [0.15, 0.2) is 0 Å². The molecule has 0 radical (unpaired) electrons. The van der Waals surface area contributed by atoms with Crippen molar-refractivity contribution in [1.29, 1.82) is 0 Å². The van der Waals surface area contributed by atoms with Crippen molar-refractivity contribution in [3.8, 4) is 0 Å². The molecule has 1 aliphatic rings. The summed E-state index contributed by atoms with van der Waals surface area (Å²) in [5.41, 5.74) is 1.02.